The quantitative estimate of drug-likeness (QED) is 0.770. The standard InChI is InChI=1S/C15H13FO2/c1-11-5-7-14(8-6-11)18-10-15(17)12-3-2-4-13(16)9-12/h2-9H,10H2,1H3. The van der Waals surface area contributed by atoms with Crippen LogP contribution >= 0.6 is 0 Å². The van der Waals surface area contributed by atoms with Gasteiger partial charge in [0.15, 0.2) is 12.4 Å². The number of ether oxygens (including phenoxy) is 1. The molecule has 0 aliphatic rings. The van der Waals surface area contributed by atoms with Crippen LogP contribution in [0.2, 0.25) is 0 Å². The maximum absolute atomic E-state index is 12.9. The van der Waals surface area contributed by atoms with Crippen molar-refractivity contribution in [3.8, 4) is 5.75 Å². The molecule has 2 rings (SSSR count). The van der Waals surface area contributed by atoms with Crippen LogP contribution in [0.1, 0.15) is 15.9 Å². The van der Waals surface area contributed by atoms with Crippen molar-refractivity contribution < 1.29 is 13.9 Å². The first-order valence-electron chi connectivity index (χ1n) is 5.63. The van der Waals surface area contributed by atoms with E-state index in [9.17, 15) is 9.18 Å². The summed E-state index contributed by atoms with van der Waals surface area (Å²) in [4.78, 5) is 11.7. The minimum Gasteiger partial charge on any atom is -0.485 e. The highest BCUT2D eigenvalue weighted by Gasteiger charge is 2.07. The summed E-state index contributed by atoms with van der Waals surface area (Å²) in [5, 5.41) is 0. The van der Waals surface area contributed by atoms with Gasteiger partial charge < -0.3 is 4.74 Å². The Balaban J connectivity index is 1.98. The zero-order chi connectivity index (χ0) is 13.0. The van der Waals surface area contributed by atoms with Crippen LogP contribution < -0.4 is 4.74 Å². The number of hydrogen-bond donors (Lipinski definition) is 0. The second-order valence-corrected chi connectivity index (χ2v) is 4.04. The van der Waals surface area contributed by atoms with Crippen LogP contribution in [0, 0.1) is 12.7 Å². The van der Waals surface area contributed by atoms with E-state index >= 15 is 0 Å². The largest absolute Gasteiger partial charge is 0.485 e. The highest BCUT2D eigenvalue weighted by Crippen LogP contribution is 2.12. The second kappa shape index (κ2) is 5.45. The van der Waals surface area contributed by atoms with Crippen LogP contribution in [0.3, 0.4) is 0 Å². The SMILES string of the molecule is Cc1ccc(OCC(=O)c2cccc(F)c2)cc1. The molecule has 0 aromatic heterocycles. The Morgan fingerprint density at radius 3 is 2.56 bits per heavy atom. The first-order chi connectivity index (χ1) is 8.65. The van der Waals surface area contributed by atoms with Gasteiger partial charge >= 0.3 is 0 Å². The molecule has 0 fully saturated rings. The number of ketones is 1. The van der Waals surface area contributed by atoms with Gasteiger partial charge in [-0.1, -0.05) is 29.8 Å². The van der Waals surface area contributed by atoms with Crippen molar-refractivity contribution in [2.24, 2.45) is 0 Å². The maximum atomic E-state index is 12.9. The van der Waals surface area contributed by atoms with E-state index in [-0.39, 0.29) is 12.4 Å². The van der Waals surface area contributed by atoms with Crippen LogP contribution in [-0.4, -0.2) is 12.4 Å². The van der Waals surface area contributed by atoms with Crippen LogP contribution in [0.5, 0.6) is 5.75 Å². The maximum Gasteiger partial charge on any atom is 0.200 e. The molecule has 3 heteroatoms. The van der Waals surface area contributed by atoms with E-state index in [1.54, 1.807) is 18.2 Å². The van der Waals surface area contributed by atoms with Gasteiger partial charge in [-0.05, 0) is 31.2 Å². The van der Waals surface area contributed by atoms with Gasteiger partial charge in [-0.15, -0.1) is 0 Å². The van der Waals surface area contributed by atoms with Crippen molar-refractivity contribution in [2.45, 2.75) is 6.92 Å². The van der Waals surface area contributed by atoms with E-state index < -0.39 is 5.82 Å². The molecule has 2 aromatic rings. The van der Waals surface area contributed by atoms with Crippen LogP contribution in [0.4, 0.5) is 4.39 Å². The number of aryl methyl sites for hydroxylation is 1. The lowest BCUT2D eigenvalue weighted by molar-refractivity contribution is 0.0921. The van der Waals surface area contributed by atoms with Crippen molar-refractivity contribution in [3.63, 3.8) is 0 Å². The van der Waals surface area contributed by atoms with Crippen LogP contribution in [0.15, 0.2) is 48.5 Å². The molecule has 0 atom stereocenters. The fourth-order valence-electron chi connectivity index (χ4n) is 1.53. The summed E-state index contributed by atoms with van der Waals surface area (Å²) >= 11 is 0. The van der Waals surface area contributed by atoms with Crippen molar-refractivity contribution in [1.82, 2.24) is 0 Å². The summed E-state index contributed by atoms with van der Waals surface area (Å²) in [7, 11) is 0. The lowest BCUT2D eigenvalue weighted by Gasteiger charge is -2.05. The Bertz CT molecular complexity index is 547. The van der Waals surface area contributed by atoms with Crippen molar-refractivity contribution in [2.75, 3.05) is 6.61 Å². The van der Waals surface area contributed by atoms with Gasteiger partial charge in [0.25, 0.3) is 0 Å². The fraction of sp³-hybridized carbons (Fsp3) is 0.133. The average Bonchev–Trinajstić information content (AvgIpc) is 2.38. The van der Waals surface area contributed by atoms with Gasteiger partial charge in [-0.3, -0.25) is 4.79 Å². The summed E-state index contributed by atoms with van der Waals surface area (Å²) < 4.78 is 18.3. The Labute approximate surface area is 105 Å². The molecular weight excluding hydrogens is 231 g/mol. The number of carbonyl (C=O) groups is 1. The molecular formula is C15H13FO2. The smallest absolute Gasteiger partial charge is 0.200 e. The summed E-state index contributed by atoms with van der Waals surface area (Å²) in [6.45, 7) is 1.88. The third kappa shape index (κ3) is 3.17. The molecule has 0 aliphatic carbocycles. The predicted octanol–water partition coefficient (Wildman–Crippen LogP) is 3.40. The molecule has 0 radical (unpaired) electrons. The lowest BCUT2D eigenvalue weighted by atomic mass is 10.1. The third-order valence-electron chi connectivity index (χ3n) is 2.54. The topological polar surface area (TPSA) is 26.3 Å². The minimum absolute atomic E-state index is 0.0908. The molecule has 0 heterocycles. The normalized spacial score (nSPS) is 10.1. The number of Topliss-reactive ketones (excluding diaryl/α,β-unsaturated/α-hetero) is 1. The van der Waals surface area contributed by atoms with E-state index in [4.69, 9.17) is 4.74 Å². The molecule has 0 amide bonds. The van der Waals surface area contributed by atoms with Crippen LogP contribution in [-0.2, 0) is 0 Å². The minimum atomic E-state index is -0.420. The third-order valence-corrected chi connectivity index (χ3v) is 2.54. The van der Waals surface area contributed by atoms with Gasteiger partial charge in [0.05, 0.1) is 0 Å². The van der Waals surface area contributed by atoms with Gasteiger partial charge in [0.1, 0.15) is 11.6 Å². The van der Waals surface area contributed by atoms with E-state index in [2.05, 4.69) is 0 Å². The second-order valence-electron chi connectivity index (χ2n) is 4.04. The zero-order valence-corrected chi connectivity index (χ0v) is 10.0. The number of benzene rings is 2. The number of halogens is 1. The van der Waals surface area contributed by atoms with E-state index in [0.29, 0.717) is 11.3 Å². The van der Waals surface area contributed by atoms with Gasteiger partial charge in [0, 0.05) is 5.56 Å². The van der Waals surface area contributed by atoms with Gasteiger partial charge in [-0.2, -0.15) is 0 Å². The summed E-state index contributed by atoms with van der Waals surface area (Å²) in [6.07, 6.45) is 0. The Morgan fingerprint density at radius 2 is 1.89 bits per heavy atom. The molecule has 2 aromatic carbocycles. The fourth-order valence-corrected chi connectivity index (χ4v) is 1.53. The molecule has 0 spiro atoms. The van der Waals surface area contributed by atoms with Crippen molar-refractivity contribution in [1.29, 1.82) is 0 Å². The molecule has 92 valence electrons. The molecule has 0 N–H and O–H groups in total. The van der Waals surface area contributed by atoms with Crippen molar-refractivity contribution >= 4 is 5.78 Å². The first-order valence-corrected chi connectivity index (χ1v) is 5.63. The Kier molecular flexibility index (Phi) is 3.72. The van der Waals surface area contributed by atoms with E-state index in [0.717, 1.165) is 5.56 Å². The highest BCUT2D eigenvalue weighted by atomic mass is 19.1. The Morgan fingerprint density at radius 1 is 1.17 bits per heavy atom. The first kappa shape index (κ1) is 12.3. The molecule has 0 saturated carbocycles. The lowest BCUT2D eigenvalue weighted by Crippen LogP contribution is -2.11. The van der Waals surface area contributed by atoms with E-state index in [1.807, 2.05) is 19.1 Å². The molecule has 18 heavy (non-hydrogen) atoms. The van der Waals surface area contributed by atoms with Crippen LogP contribution in [0.25, 0.3) is 0 Å². The zero-order valence-electron chi connectivity index (χ0n) is 10.0. The van der Waals surface area contributed by atoms with E-state index in [1.165, 1.54) is 18.2 Å². The molecule has 0 unspecified atom stereocenters. The summed E-state index contributed by atoms with van der Waals surface area (Å²) in [5.74, 6) is -0.0309. The summed E-state index contributed by atoms with van der Waals surface area (Å²) in [6, 6.07) is 13.0. The molecule has 0 aliphatic heterocycles. The summed E-state index contributed by atoms with van der Waals surface area (Å²) in [5.41, 5.74) is 1.45. The average molecular weight is 244 g/mol. The van der Waals surface area contributed by atoms with Gasteiger partial charge in [-0.25, -0.2) is 4.39 Å². The van der Waals surface area contributed by atoms with Gasteiger partial charge in [0.2, 0.25) is 0 Å². The number of hydrogen-bond acceptors (Lipinski definition) is 2. The monoisotopic (exact) mass is 244 g/mol. The Hall–Kier alpha value is -2.16. The number of rotatable bonds is 4. The molecule has 0 saturated heterocycles. The predicted molar refractivity (Wildman–Crippen MR) is 67.4 cm³/mol. The van der Waals surface area contributed by atoms with Crippen molar-refractivity contribution in [3.05, 3.63) is 65.5 Å². The number of carbonyl (C=O) groups excluding carboxylic acids is 1. The molecule has 2 nitrogen and oxygen atoms in total. The molecule has 0 bridgehead atoms. The highest BCUT2D eigenvalue weighted by molar-refractivity contribution is 5.97.